The van der Waals surface area contributed by atoms with Crippen LogP contribution in [0.4, 0.5) is 4.79 Å². The van der Waals surface area contributed by atoms with Gasteiger partial charge in [-0.05, 0) is 57.8 Å². The molecule has 0 bridgehead atoms. The van der Waals surface area contributed by atoms with Crippen molar-refractivity contribution in [3.8, 4) is 0 Å². The van der Waals surface area contributed by atoms with Crippen molar-refractivity contribution in [2.75, 3.05) is 13.1 Å². The molecule has 0 radical (unpaired) electrons. The number of amides is 2. The van der Waals surface area contributed by atoms with E-state index in [9.17, 15) is 9.59 Å². The summed E-state index contributed by atoms with van der Waals surface area (Å²) in [6, 6.07) is 0.0157. The summed E-state index contributed by atoms with van der Waals surface area (Å²) in [5.74, 6) is 0.190. The molecular weight excluding hydrogens is 256 g/mol. The molecule has 1 aliphatic heterocycles. The molecule has 1 aliphatic carbocycles. The van der Waals surface area contributed by atoms with Crippen LogP contribution in [0.1, 0.15) is 52.4 Å². The molecule has 5 heteroatoms. The number of carbonyl (C=O) groups is 2. The number of aliphatic carboxylic acids is 1. The predicted octanol–water partition coefficient (Wildman–Crippen LogP) is 2.46. The van der Waals surface area contributed by atoms with Gasteiger partial charge in [-0.3, -0.25) is 4.79 Å². The third-order valence-electron chi connectivity index (χ3n) is 4.60. The molecule has 114 valence electrons. The van der Waals surface area contributed by atoms with Gasteiger partial charge in [0, 0.05) is 25.0 Å². The Kier molecular flexibility index (Phi) is 4.55. The smallest absolute Gasteiger partial charge is 0.317 e. The molecule has 1 atom stereocenters. The van der Waals surface area contributed by atoms with Gasteiger partial charge >= 0.3 is 12.0 Å². The third-order valence-corrected chi connectivity index (χ3v) is 4.60. The van der Waals surface area contributed by atoms with E-state index in [1.54, 1.807) is 0 Å². The summed E-state index contributed by atoms with van der Waals surface area (Å²) in [7, 11) is 0. The van der Waals surface area contributed by atoms with Crippen LogP contribution in [0.25, 0.3) is 0 Å². The fraction of sp³-hybridized carbons (Fsp3) is 0.867. The lowest BCUT2D eigenvalue weighted by molar-refractivity contribution is -0.137. The minimum atomic E-state index is -0.749. The molecule has 5 nitrogen and oxygen atoms in total. The maximum Gasteiger partial charge on any atom is 0.317 e. The maximum absolute atomic E-state index is 12.3. The van der Waals surface area contributed by atoms with Gasteiger partial charge in [0.25, 0.3) is 0 Å². The van der Waals surface area contributed by atoms with Crippen LogP contribution in [0, 0.1) is 11.8 Å². The Hall–Kier alpha value is -1.26. The van der Waals surface area contributed by atoms with Gasteiger partial charge in [-0.2, -0.15) is 0 Å². The van der Waals surface area contributed by atoms with Crippen molar-refractivity contribution in [1.29, 1.82) is 0 Å². The van der Waals surface area contributed by atoms with Crippen molar-refractivity contribution in [3.05, 3.63) is 0 Å². The molecule has 1 saturated carbocycles. The van der Waals surface area contributed by atoms with Gasteiger partial charge in [0.05, 0.1) is 0 Å². The average Bonchev–Trinajstić information content (AvgIpc) is 3.20. The van der Waals surface area contributed by atoms with E-state index in [0.717, 1.165) is 19.4 Å². The van der Waals surface area contributed by atoms with E-state index in [1.807, 2.05) is 4.90 Å². The van der Waals surface area contributed by atoms with E-state index in [2.05, 4.69) is 19.2 Å². The van der Waals surface area contributed by atoms with Crippen LogP contribution in [0.3, 0.4) is 0 Å². The van der Waals surface area contributed by atoms with Gasteiger partial charge in [0.2, 0.25) is 0 Å². The number of nitrogens with zero attached hydrogens (tertiary/aromatic N) is 1. The highest BCUT2D eigenvalue weighted by atomic mass is 16.4. The van der Waals surface area contributed by atoms with Crippen molar-refractivity contribution < 1.29 is 14.7 Å². The normalized spacial score (nSPS) is 23.5. The molecular formula is C15H26N2O3. The summed E-state index contributed by atoms with van der Waals surface area (Å²) in [6.07, 6.45) is 5.28. The Labute approximate surface area is 120 Å². The SMILES string of the molecule is CC(C)(NC(=O)N1CCCC(CCC(=O)O)C1)C1CC1. The first-order valence-corrected chi connectivity index (χ1v) is 7.67. The lowest BCUT2D eigenvalue weighted by atomic mass is 9.93. The van der Waals surface area contributed by atoms with Crippen LogP contribution in [0.5, 0.6) is 0 Å². The summed E-state index contributed by atoms with van der Waals surface area (Å²) >= 11 is 0. The summed E-state index contributed by atoms with van der Waals surface area (Å²) in [5.41, 5.74) is -0.120. The largest absolute Gasteiger partial charge is 0.481 e. The number of nitrogens with one attached hydrogen (secondary N) is 1. The van der Waals surface area contributed by atoms with Crippen LogP contribution in [0.2, 0.25) is 0 Å². The number of urea groups is 1. The average molecular weight is 282 g/mol. The highest BCUT2D eigenvalue weighted by Gasteiger charge is 2.39. The Morgan fingerprint density at radius 1 is 1.30 bits per heavy atom. The van der Waals surface area contributed by atoms with Gasteiger partial charge in [-0.15, -0.1) is 0 Å². The molecule has 20 heavy (non-hydrogen) atoms. The van der Waals surface area contributed by atoms with Gasteiger partial charge in [-0.25, -0.2) is 4.79 Å². The molecule has 0 spiro atoms. The molecule has 0 aromatic heterocycles. The van der Waals surface area contributed by atoms with E-state index >= 15 is 0 Å². The van der Waals surface area contributed by atoms with Crippen LogP contribution in [0.15, 0.2) is 0 Å². The van der Waals surface area contributed by atoms with Crippen LogP contribution >= 0.6 is 0 Å². The predicted molar refractivity (Wildman–Crippen MR) is 76.5 cm³/mol. The Balaban J connectivity index is 1.81. The Bertz CT molecular complexity index is 377. The molecule has 2 rings (SSSR count). The zero-order chi connectivity index (χ0) is 14.8. The van der Waals surface area contributed by atoms with E-state index < -0.39 is 5.97 Å². The topological polar surface area (TPSA) is 69.6 Å². The van der Waals surface area contributed by atoms with Gasteiger partial charge in [0.1, 0.15) is 0 Å². The first kappa shape index (κ1) is 15.1. The summed E-state index contributed by atoms with van der Waals surface area (Å²) in [6.45, 7) is 5.67. The highest BCUT2D eigenvalue weighted by Crippen LogP contribution is 2.39. The van der Waals surface area contributed by atoms with E-state index in [-0.39, 0.29) is 18.0 Å². The standard InChI is InChI=1S/C15H26N2O3/c1-15(2,12-6-7-12)16-14(20)17-9-3-4-11(10-17)5-8-13(18)19/h11-12H,3-10H2,1-2H3,(H,16,20)(H,18,19). The Morgan fingerprint density at radius 2 is 2.00 bits per heavy atom. The number of carboxylic acids is 1. The molecule has 1 heterocycles. The first-order chi connectivity index (χ1) is 9.38. The fourth-order valence-corrected chi connectivity index (χ4v) is 3.07. The minimum absolute atomic E-state index is 0.0157. The van der Waals surface area contributed by atoms with Crippen molar-refractivity contribution in [3.63, 3.8) is 0 Å². The van der Waals surface area contributed by atoms with Crippen molar-refractivity contribution in [2.24, 2.45) is 11.8 Å². The van der Waals surface area contributed by atoms with Crippen molar-refractivity contribution in [1.82, 2.24) is 10.2 Å². The van der Waals surface area contributed by atoms with Gasteiger partial charge in [-0.1, -0.05) is 0 Å². The lowest BCUT2D eigenvalue weighted by Gasteiger charge is -2.36. The van der Waals surface area contributed by atoms with E-state index in [4.69, 9.17) is 5.11 Å². The molecule has 1 unspecified atom stereocenters. The summed E-state index contributed by atoms with van der Waals surface area (Å²) < 4.78 is 0. The van der Waals surface area contributed by atoms with Crippen LogP contribution in [-0.2, 0) is 4.79 Å². The zero-order valence-electron chi connectivity index (χ0n) is 12.5. The monoisotopic (exact) mass is 282 g/mol. The molecule has 1 saturated heterocycles. The van der Waals surface area contributed by atoms with Crippen LogP contribution in [-0.4, -0.2) is 40.6 Å². The quantitative estimate of drug-likeness (QED) is 0.813. The summed E-state index contributed by atoms with van der Waals surface area (Å²) in [4.78, 5) is 24.8. The molecule has 2 amide bonds. The third kappa shape index (κ3) is 4.12. The van der Waals surface area contributed by atoms with E-state index in [1.165, 1.54) is 12.8 Å². The molecule has 2 fully saturated rings. The second kappa shape index (κ2) is 6.02. The van der Waals surface area contributed by atoms with Crippen molar-refractivity contribution >= 4 is 12.0 Å². The maximum atomic E-state index is 12.3. The fourth-order valence-electron chi connectivity index (χ4n) is 3.07. The number of likely N-dealkylation sites (tertiary alicyclic amines) is 1. The molecule has 0 aromatic carbocycles. The number of carbonyl (C=O) groups excluding carboxylic acids is 1. The number of hydrogen-bond acceptors (Lipinski definition) is 2. The lowest BCUT2D eigenvalue weighted by Crippen LogP contribution is -2.53. The molecule has 0 aromatic rings. The van der Waals surface area contributed by atoms with Gasteiger partial charge in [0.15, 0.2) is 0 Å². The number of carboxylic acid groups (broad SMARTS) is 1. The number of hydrogen-bond donors (Lipinski definition) is 2. The molecule has 2 N–H and O–H groups in total. The summed E-state index contributed by atoms with van der Waals surface area (Å²) in [5, 5.41) is 11.9. The number of rotatable bonds is 5. The van der Waals surface area contributed by atoms with E-state index in [0.29, 0.717) is 24.8 Å². The van der Waals surface area contributed by atoms with Gasteiger partial charge < -0.3 is 15.3 Å². The zero-order valence-corrected chi connectivity index (χ0v) is 12.5. The molecule has 2 aliphatic rings. The second-order valence-electron chi connectivity index (χ2n) is 6.81. The second-order valence-corrected chi connectivity index (χ2v) is 6.81. The first-order valence-electron chi connectivity index (χ1n) is 7.67. The van der Waals surface area contributed by atoms with Crippen LogP contribution < -0.4 is 5.32 Å². The highest BCUT2D eigenvalue weighted by molar-refractivity contribution is 5.75. The Morgan fingerprint density at radius 3 is 2.60 bits per heavy atom. The minimum Gasteiger partial charge on any atom is -0.481 e. The number of piperidine rings is 1. The van der Waals surface area contributed by atoms with Crippen molar-refractivity contribution in [2.45, 2.75) is 57.9 Å².